The van der Waals surface area contributed by atoms with E-state index in [1.807, 2.05) is 0 Å². The molecule has 0 saturated carbocycles. The zero-order valence-corrected chi connectivity index (χ0v) is 16.0. The van der Waals surface area contributed by atoms with E-state index in [0.717, 1.165) is 30.3 Å². The number of anilines is 1. The minimum Gasteiger partial charge on any atom is -0.454 e. The van der Waals surface area contributed by atoms with E-state index in [4.69, 9.17) is 4.74 Å². The molecule has 2 amide bonds. The molecule has 1 atom stereocenters. The summed E-state index contributed by atoms with van der Waals surface area (Å²) in [6, 6.07) is 4.03. The molecule has 0 bridgehead atoms. The molecule has 10 heteroatoms. The fourth-order valence-electron chi connectivity index (χ4n) is 2.43. The number of hydrogen-bond acceptors (Lipinski definition) is 4. The highest BCUT2D eigenvalue weighted by Crippen LogP contribution is 2.15. The summed E-state index contributed by atoms with van der Waals surface area (Å²) >= 11 is 0. The minimum atomic E-state index is -1.31. The number of rotatable bonds is 7. The van der Waals surface area contributed by atoms with Crippen LogP contribution in [0.15, 0.2) is 36.4 Å². The van der Waals surface area contributed by atoms with Crippen molar-refractivity contribution in [3.05, 3.63) is 65.2 Å². The van der Waals surface area contributed by atoms with Gasteiger partial charge in [-0.2, -0.15) is 0 Å². The Morgan fingerprint density at radius 1 is 0.967 bits per heavy atom. The topological polar surface area (TPSA) is 84.5 Å². The van der Waals surface area contributed by atoms with Crippen molar-refractivity contribution < 1.29 is 36.7 Å². The standard InChI is InChI=1S/C20H18F4N2O4/c1-10(2)18(26-19(28)17-12(22)4-3-5-13(17)23)20(29)30-9-16(27)25-15-7-6-11(21)8-14(15)24/h3-8,10,18H,9H2,1-2H3,(H,25,27)(H,26,28)/t18-/m0/s1. The van der Waals surface area contributed by atoms with Gasteiger partial charge in [0.15, 0.2) is 6.61 Å². The van der Waals surface area contributed by atoms with Gasteiger partial charge in [-0.05, 0) is 30.2 Å². The number of carbonyl (C=O) groups excluding carboxylic acids is 3. The largest absolute Gasteiger partial charge is 0.454 e. The number of halogens is 4. The summed E-state index contributed by atoms with van der Waals surface area (Å²) in [5, 5.41) is 4.27. The smallest absolute Gasteiger partial charge is 0.329 e. The second-order valence-corrected chi connectivity index (χ2v) is 6.57. The number of hydrogen-bond donors (Lipinski definition) is 2. The van der Waals surface area contributed by atoms with E-state index in [9.17, 15) is 31.9 Å². The van der Waals surface area contributed by atoms with E-state index in [-0.39, 0.29) is 5.69 Å². The first kappa shape index (κ1) is 22.9. The van der Waals surface area contributed by atoms with Gasteiger partial charge in [-0.25, -0.2) is 22.4 Å². The summed E-state index contributed by atoms with van der Waals surface area (Å²) < 4.78 is 58.7. The van der Waals surface area contributed by atoms with Gasteiger partial charge < -0.3 is 15.4 Å². The third-order valence-corrected chi connectivity index (χ3v) is 3.95. The molecule has 0 aliphatic carbocycles. The lowest BCUT2D eigenvalue weighted by Crippen LogP contribution is -2.46. The van der Waals surface area contributed by atoms with E-state index >= 15 is 0 Å². The Morgan fingerprint density at radius 3 is 2.17 bits per heavy atom. The van der Waals surface area contributed by atoms with Crippen molar-refractivity contribution in [2.45, 2.75) is 19.9 Å². The Hall–Kier alpha value is -3.43. The zero-order valence-electron chi connectivity index (χ0n) is 16.0. The SMILES string of the molecule is CC(C)[C@H](NC(=O)c1c(F)cccc1F)C(=O)OCC(=O)Nc1ccc(F)cc1F. The lowest BCUT2D eigenvalue weighted by Gasteiger charge is -2.21. The van der Waals surface area contributed by atoms with Crippen molar-refractivity contribution in [3.8, 4) is 0 Å². The van der Waals surface area contributed by atoms with Gasteiger partial charge in [-0.3, -0.25) is 9.59 Å². The lowest BCUT2D eigenvalue weighted by atomic mass is 10.0. The number of benzene rings is 2. The van der Waals surface area contributed by atoms with Crippen LogP contribution in [0.3, 0.4) is 0 Å². The number of ether oxygens (including phenoxy) is 1. The van der Waals surface area contributed by atoms with Crippen molar-refractivity contribution in [2.75, 3.05) is 11.9 Å². The first-order valence-corrected chi connectivity index (χ1v) is 8.76. The van der Waals surface area contributed by atoms with Crippen LogP contribution in [0.2, 0.25) is 0 Å². The van der Waals surface area contributed by atoms with E-state index in [0.29, 0.717) is 6.07 Å². The van der Waals surface area contributed by atoms with Gasteiger partial charge in [0.2, 0.25) is 0 Å². The van der Waals surface area contributed by atoms with Crippen molar-refractivity contribution in [1.82, 2.24) is 5.32 Å². The number of carbonyl (C=O) groups is 3. The summed E-state index contributed by atoms with van der Waals surface area (Å²) in [6.45, 7) is 2.25. The Kier molecular flexibility index (Phi) is 7.51. The van der Waals surface area contributed by atoms with Gasteiger partial charge in [0.1, 0.15) is 34.9 Å². The van der Waals surface area contributed by atoms with Crippen molar-refractivity contribution >= 4 is 23.5 Å². The van der Waals surface area contributed by atoms with Gasteiger partial charge in [-0.15, -0.1) is 0 Å². The van der Waals surface area contributed by atoms with Crippen LogP contribution in [0.5, 0.6) is 0 Å². The Bertz CT molecular complexity index is 946. The highest BCUT2D eigenvalue weighted by atomic mass is 19.1. The van der Waals surface area contributed by atoms with Crippen molar-refractivity contribution in [2.24, 2.45) is 5.92 Å². The molecule has 0 unspecified atom stereocenters. The fourth-order valence-corrected chi connectivity index (χ4v) is 2.43. The summed E-state index contributed by atoms with van der Waals surface area (Å²) in [4.78, 5) is 36.3. The summed E-state index contributed by atoms with van der Waals surface area (Å²) in [5.74, 6) is -7.73. The lowest BCUT2D eigenvalue weighted by molar-refractivity contribution is -0.150. The van der Waals surface area contributed by atoms with Crippen LogP contribution in [-0.4, -0.2) is 30.4 Å². The zero-order chi connectivity index (χ0) is 22.4. The molecule has 0 aliphatic rings. The molecular formula is C20H18F4N2O4. The molecule has 30 heavy (non-hydrogen) atoms. The predicted molar refractivity (Wildman–Crippen MR) is 98.4 cm³/mol. The highest BCUT2D eigenvalue weighted by molar-refractivity contribution is 5.98. The molecule has 0 aromatic heterocycles. The molecule has 2 rings (SSSR count). The Morgan fingerprint density at radius 2 is 1.60 bits per heavy atom. The predicted octanol–water partition coefficient (Wildman–Crippen LogP) is 3.18. The second-order valence-electron chi connectivity index (χ2n) is 6.57. The molecule has 6 nitrogen and oxygen atoms in total. The van der Waals surface area contributed by atoms with E-state index in [2.05, 4.69) is 10.6 Å². The quantitative estimate of drug-likeness (QED) is 0.526. The molecule has 2 aromatic carbocycles. The highest BCUT2D eigenvalue weighted by Gasteiger charge is 2.29. The molecule has 2 N–H and O–H groups in total. The average Bonchev–Trinajstić information content (AvgIpc) is 2.66. The summed E-state index contributed by atoms with van der Waals surface area (Å²) in [6.07, 6.45) is 0. The van der Waals surface area contributed by atoms with E-state index in [1.165, 1.54) is 13.8 Å². The number of amides is 2. The third kappa shape index (κ3) is 5.79. The Balaban J connectivity index is 2.00. The average molecular weight is 426 g/mol. The van der Waals surface area contributed by atoms with Crippen LogP contribution in [0, 0.1) is 29.2 Å². The first-order valence-electron chi connectivity index (χ1n) is 8.76. The molecule has 160 valence electrons. The number of esters is 1. The first-order chi connectivity index (χ1) is 14.1. The van der Waals surface area contributed by atoms with Gasteiger partial charge in [0.25, 0.3) is 11.8 Å². The molecule has 0 radical (unpaired) electrons. The van der Waals surface area contributed by atoms with Crippen LogP contribution < -0.4 is 10.6 Å². The van der Waals surface area contributed by atoms with Crippen molar-refractivity contribution in [1.29, 1.82) is 0 Å². The summed E-state index contributed by atoms with van der Waals surface area (Å²) in [5.41, 5.74) is -1.18. The Labute approximate surface area is 169 Å². The fraction of sp³-hybridized carbons (Fsp3) is 0.250. The van der Waals surface area contributed by atoms with Crippen LogP contribution in [-0.2, 0) is 14.3 Å². The molecule has 0 spiro atoms. The molecule has 0 saturated heterocycles. The molecule has 0 fully saturated rings. The van der Waals surface area contributed by atoms with Crippen LogP contribution >= 0.6 is 0 Å². The maximum atomic E-state index is 13.7. The van der Waals surface area contributed by atoms with Gasteiger partial charge in [0, 0.05) is 6.07 Å². The second kappa shape index (κ2) is 9.86. The van der Waals surface area contributed by atoms with Gasteiger partial charge >= 0.3 is 5.97 Å². The normalized spacial score (nSPS) is 11.7. The number of nitrogens with one attached hydrogen (secondary N) is 2. The molecular weight excluding hydrogens is 408 g/mol. The van der Waals surface area contributed by atoms with Crippen LogP contribution in [0.1, 0.15) is 24.2 Å². The maximum Gasteiger partial charge on any atom is 0.329 e. The maximum absolute atomic E-state index is 13.7. The van der Waals surface area contributed by atoms with Gasteiger partial charge in [-0.1, -0.05) is 19.9 Å². The third-order valence-electron chi connectivity index (χ3n) is 3.95. The van der Waals surface area contributed by atoms with E-state index in [1.54, 1.807) is 0 Å². The van der Waals surface area contributed by atoms with Crippen LogP contribution in [0.25, 0.3) is 0 Å². The summed E-state index contributed by atoms with van der Waals surface area (Å²) in [7, 11) is 0. The minimum absolute atomic E-state index is 0.318. The molecule has 2 aromatic rings. The van der Waals surface area contributed by atoms with Gasteiger partial charge in [0.05, 0.1) is 5.69 Å². The van der Waals surface area contributed by atoms with Crippen LogP contribution in [0.4, 0.5) is 23.2 Å². The molecule has 0 heterocycles. The monoisotopic (exact) mass is 426 g/mol. The van der Waals surface area contributed by atoms with Crippen molar-refractivity contribution in [3.63, 3.8) is 0 Å². The molecule has 0 aliphatic heterocycles. The van der Waals surface area contributed by atoms with E-state index < -0.39 is 65.2 Å².